The van der Waals surface area contributed by atoms with E-state index in [0.29, 0.717) is 10.8 Å². The summed E-state index contributed by atoms with van der Waals surface area (Å²) in [4.78, 5) is 4.18. The van der Waals surface area contributed by atoms with Crippen LogP contribution in [0.2, 0.25) is 0 Å². The topological polar surface area (TPSA) is 48.7 Å². The molecule has 0 spiro atoms. The Balaban J connectivity index is 1.82. The van der Waals surface area contributed by atoms with Gasteiger partial charge in [-0.1, -0.05) is 0 Å². The van der Waals surface area contributed by atoms with Gasteiger partial charge in [-0.05, 0) is 12.1 Å². The molecule has 1 saturated heterocycles. The van der Waals surface area contributed by atoms with Crippen LogP contribution in [-0.2, 0) is 0 Å². The molecule has 1 fully saturated rings. The number of aromatic nitrogens is 1. The maximum atomic E-state index is 8.65. The molecule has 0 aromatic carbocycles. The van der Waals surface area contributed by atoms with Crippen molar-refractivity contribution < 1.29 is 0 Å². The van der Waals surface area contributed by atoms with E-state index < -0.39 is 0 Å². The number of anilines is 1. The molecule has 1 aliphatic rings. The van der Waals surface area contributed by atoms with E-state index in [0.717, 1.165) is 12.4 Å². The van der Waals surface area contributed by atoms with Gasteiger partial charge in [-0.3, -0.25) is 0 Å². The molecule has 1 aliphatic heterocycles. The third kappa shape index (κ3) is 3.32. The summed E-state index contributed by atoms with van der Waals surface area (Å²) in [6.07, 6.45) is 1.60. The predicted molar refractivity (Wildman–Crippen MR) is 71.0 cm³/mol. The molecule has 1 N–H and O–H groups in total. The van der Waals surface area contributed by atoms with E-state index in [4.69, 9.17) is 5.26 Å². The lowest BCUT2D eigenvalue weighted by Crippen LogP contribution is -2.23. The van der Waals surface area contributed by atoms with E-state index in [1.54, 1.807) is 12.3 Å². The first-order valence-corrected chi connectivity index (χ1v) is 7.38. The molecule has 0 bridgehead atoms. The molecule has 84 valence electrons. The van der Waals surface area contributed by atoms with E-state index >= 15 is 0 Å². The minimum Gasteiger partial charge on any atom is -0.369 e. The second kappa shape index (κ2) is 6.02. The van der Waals surface area contributed by atoms with Gasteiger partial charge in [0, 0.05) is 35.3 Å². The van der Waals surface area contributed by atoms with Gasteiger partial charge in [-0.25, -0.2) is 4.98 Å². The lowest BCUT2D eigenvalue weighted by atomic mass is 10.3. The quantitative estimate of drug-likeness (QED) is 0.892. The highest BCUT2D eigenvalue weighted by Crippen LogP contribution is 2.23. The molecule has 3 nitrogen and oxygen atoms in total. The molecule has 5 heteroatoms. The minimum absolute atomic E-state index is 0.605. The van der Waals surface area contributed by atoms with Crippen LogP contribution in [0.1, 0.15) is 5.56 Å². The summed E-state index contributed by atoms with van der Waals surface area (Å²) in [5.41, 5.74) is 0.605. The third-order valence-electron chi connectivity index (χ3n) is 2.29. The van der Waals surface area contributed by atoms with Crippen molar-refractivity contribution in [1.29, 1.82) is 5.26 Å². The van der Waals surface area contributed by atoms with E-state index in [9.17, 15) is 0 Å². The van der Waals surface area contributed by atoms with E-state index in [-0.39, 0.29) is 0 Å². The molecule has 2 rings (SSSR count). The number of nitrogens with one attached hydrogen (secondary N) is 1. The molecule has 0 aliphatic carbocycles. The molecule has 0 amide bonds. The standard InChI is InChI=1S/C11H13N3S2/c12-5-9-1-2-11(13-6-9)14-7-10-8-15-3-4-16-10/h1-2,6,10H,3-4,7-8H2,(H,13,14). The zero-order valence-corrected chi connectivity index (χ0v) is 10.5. The summed E-state index contributed by atoms with van der Waals surface area (Å²) in [5.74, 6) is 4.59. The molecular formula is C11H13N3S2. The van der Waals surface area contributed by atoms with Crippen molar-refractivity contribution in [1.82, 2.24) is 4.98 Å². The average Bonchev–Trinajstić information content (AvgIpc) is 2.38. The van der Waals surface area contributed by atoms with Crippen LogP contribution < -0.4 is 5.32 Å². The zero-order valence-electron chi connectivity index (χ0n) is 8.85. The summed E-state index contributed by atoms with van der Waals surface area (Å²) in [6, 6.07) is 5.71. The minimum atomic E-state index is 0.605. The number of hydrogen-bond donors (Lipinski definition) is 1. The largest absolute Gasteiger partial charge is 0.369 e. The van der Waals surface area contributed by atoms with Gasteiger partial charge in [0.2, 0.25) is 0 Å². The molecule has 1 aromatic rings. The second-order valence-electron chi connectivity index (χ2n) is 3.49. The van der Waals surface area contributed by atoms with Crippen LogP contribution in [0.15, 0.2) is 18.3 Å². The first-order valence-electron chi connectivity index (χ1n) is 5.18. The zero-order chi connectivity index (χ0) is 11.2. The lowest BCUT2D eigenvalue weighted by molar-refractivity contribution is 0.993. The highest BCUT2D eigenvalue weighted by atomic mass is 32.2. The Morgan fingerprint density at radius 3 is 3.06 bits per heavy atom. The van der Waals surface area contributed by atoms with E-state index in [2.05, 4.69) is 16.4 Å². The fraction of sp³-hybridized carbons (Fsp3) is 0.455. The van der Waals surface area contributed by atoms with Gasteiger partial charge in [0.25, 0.3) is 0 Å². The van der Waals surface area contributed by atoms with Gasteiger partial charge in [0.15, 0.2) is 0 Å². The smallest absolute Gasteiger partial charge is 0.126 e. The van der Waals surface area contributed by atoms with Crippen molar-refractivity contribution in [2.75, 3.05) is 29.1 Å². The average molecular weight is 251 g/mol. The van der Waals surface area contributed by atoms with E-state index in [1.807, 2.05) is 29.6 Å². The Morgan fingerprint density at radius 2 is 2.44 bits per heavy atom. The van der Waals surface area contributed by atoms with Gasteiger partial charge in [0.1, 0.15) is 11.9 Å². The van der Waals surface area contributed by atoms with E-state index in [1.165, 1.54) is 17.3 Å². The SMILES string of the molecule is N#Cc1ccc(NCC2CSCCS2)nc1. The lowest BCUT2D eigenvalue weighted by Gasteiger charge is -2.21. The third-order valence-corrected chi connectivity index (χ3v) is 5.13. The molecule has 1 unspecified atom stereocenters. The van der Waals surface area contributed by atoms with Gasteiger partial charge < -0.3 is 5.32 Å². The van der Waals surface area contributed by atoms with Gasteiger partial charge >= 0.3 is 0 Å². The summed E-state index contributed by atoms with van der Waals surface area (Å²) < 4.78 is 0. The fourth-order valence-corrected chi connectivity index (χ4v) is 4.05. The Kier molecular flexibility index (Phi) is 4.37. The number of pyridine rings is 1. The molecule has 2 heterocycles. The Hall–Kier alpha value is -0.860. The maximum Gasteiger partial charge on any atom is 0.126 e. The number of thioether (sulfide) groups is 2. The van der Waals surface area contributed by atoms with Crippen molar-refractivity contribution in [2.24, 2.45) is 0 Å². The van der Waals surface area contributed by atoms with Crippen molar-refractivity contribution in [3.05, 3.63) is 23.9 Å². The molecule has 0 saturated carbocycles. The summed E-state index contributed by atoms with van der Waals surface area (Å²) in [5, 5.41) is 12.6. The maximum absolute atomic E-state index is 8.65. The van der Waals surface area contributed by atoms with Crippen LogP contribution in [0.4, 0.5) is 5.82 Å². The molecule has 1 atom stereocenters. The summed E-state index contributed by atoms with van der Waals surface area (Å²) in [6.45, 7) is 0.955. The van der Waals surface area contributed by atoms with Crippen molar-refractivity contribution in [2.45, 2.75) is 5.25 Å². The van der Waals surface area contributed by atoms with Crippen molar-refractivity contribution >= 4 is 29.3 Å². The normalized spacial score (nSPS) is 20.1. The van der Waals surface area contributed by atoms with Crippen LogP contribution in [-0.4, -0.2) is 34.0 Å². The monoisotopic (exact) mass is 251 g/mol. The van der Waals surface area contributed by atoms with Crippen LogP contribution >= 0.6 is 23.5 Å². The van der Waals surface area contributed by atoms with Crippen molar-refractivity contribution in [3.63, 3.8) is 0 Å². The molecule has 16 heavy (non-hydrogen) atoms. The Bertz CT molecular complexity index is 366. The highest BCUT2D eigenvalue weighted by Gasteiger charge is 2.13. The number of rotatable bonds is 3. The van der Waals surface area contributed by atoms with Crippen LogP contribution in [0.5, 0.6) is 0 Å². The fourth-order valence-electron chi connectivity index (χ4n) is 1.44. The second-order valence-corrected chi connectivity index (χ2v) is 6.05. The summed E-state index contributed by atoms with van der Waals surface area (Å²) in [7, 11) is 0. The van der Waals surface area contributed by atoms with Crippen LogP contribution in [0, 0.1) is 11.3 Å². The van der Waals surface area contributed by atoms with Gasteiger partial charge in [-0.2, -0.15) is 28.8 Å². The number of nitrogens with zero attached hydrogens (tertiary/aromatic N) is 2. The molecule has 1 aromatic heterocycles. The van der Waals surface area contributed by atoms with Gasteiger partial charge in [0.05, 0.1) is 5.56 Å². The van der Waals surface area contributed by atoms with Crippen molar-refractivity contribution in [3.8, 4) is 6.07 Å². The predicted octanol–water partition coefficient (Wildman–Crippen LogP) is 2.21. The number of hydrogen-bond acceptors (Lipinski definition) is 5. The Labute approximate surface area is 104 Å². The molecular weight excluding hydrogens is 238 g/mol. The van der Waals surface area contributed by atoms with Crippen LogP contribution in [0.25, 0.3) is 0 Å². The first-order chi connectivity index (χ1) is 7.88. The first kappa shape index (κ1) is 11.6. The highest BCUT2D eigenvalue weighted by molar-refractivity contribution is 8.06. The number of nitriles is 1. The Morgan fingerprint density at radius 1 is 1.50 bits per heavy atom. The van der Waals surface area contributed by atoms with Gasteiger partial charge in [-0.15, -0.1) is 0 Å². The summed E-state index contributed by atoms with van der Waals surface area (Å²) >= 11 is 4.05. The van der Waals surface area contributed by atoms with Crippen LogP contribution in [0.3, 0.4) is 0 Å². The molecule has 0 radical (unpaired) electrons.